The number of rotatable bonds is 7. The third-order valence-electron chi connectivity index (χ3n) is 8.75. The summed E-state index contributed by atoms with van der Waals surface area (Å²) in [4.78, 5) is 24.7. The molecular formula is C27H38O8. The summed E-state index contributed by atoms with van der Waals surface area (Å²) in [6, 6.07) is 5.02. The Bertz CT molecular complexity index is 914. The molecule has 1 unspecified atom stereocenters. The Morgan fingerprint density at radius 1 is 1.03 bits per heavy atom. The lowest BCUT2D eigenvalue weighted by atomic mass is 9.57. The highest BCUT2D eigenvalue weighted by molar-refractivity contribution is 5.90. The molecule has 1 saturated carbocycles. The van der Waals surface area contributed by atoms with Crippen molar-refractivity contribution >= 4 is 5.97 Å². The van der Waals surface area contributed by atoms with E-state index in [0.29, 0.717) is 47.8 Å². The van der Waals surface area contributed by atoms with Crippen molar-refractivity contribution in [2.75, 3.05) is 20.8 Å². The normalized spacial score (nSPS) is 39.9. The zero-order valence-corrected chi connectivity index (χ0v) is 21.4. The first-order valence-electron chi connectivity index (χ1n) is 12.9. The molecule has 4 saturated heterocycles. The number of hydrogen-bond acceptors (Lipinski definition) is 8. The van der Waals surface area contributed by atoms with Gasteiger partial charge in [-0.25, -0.2) is 14.6 Å². The number of benzene rings is 1. The highest BCUT2D eigenvalue weighted by Crippen LogP contribution is 2.60. The zero-order valence-electron chi connectivity index (χ0n) is 21.4. The maximum absolute atomic E-state index is 12.6. The molecule has 5 fully saturated rings. The van der Waals surface area contributed by atoms with Gasteiger partial charge in [0.25, 0.3) is 0 Å². The highest BCUT2D eigenvalue weighted by atomic mass is 17.3. The van der Waals surface area contributed by atoms with Gasteiger partial charge in [-0.2, -0.15) is 0 Å². The van der Waals surface area contributed by atoms with E-state index in [4.69, 9.17) is 33.5 Å². The fraction of sp³-hybridized carbons (Fsp3) is 0.741. The third kappa shape index (κ3) is 4.32. The van der Waals surface area contributed by atoms with Gasteiger partial charge in [-0.3, -0.25) is 0 Å². The van der Waals surface area contributed by atoms with Crippen molar-refractivity contribution in [1.82, 2.24) is 0 Å². The molecule has 35 heavy (non-hydrogen) atoms. The molecule has 1 aromatic carbocycles. The predicted octanol–water partition coefficient (Wildman–Crippen LogP) is 4.89. The lowest BCUT2D eigenvalue weighted by Crippen LogP contribution is -2.70. The van der Waals surface area contributed by atoms with Gasteiger partial charge in [0.2, 0.25) is 5.79 Å². The van der Waals surface area contributed by atoms with Crippen LogP contribution in [0.1, 0.15) is 69.7 Å². The predicted molar refractivity (Wildman–Crippen MR) is 126 cm³/mol. The van der Waals surface area contributed by atoms with Crippen molar-refractivity contribution in [3.05, 3.63) is 23.8 Å². The molecule has 6 rings (SSSR count). The van der Waals surface area contributed by atoms with E-state index in [2.05, 4.69) is 13.8 Å². The summed E-state index contributed by atoms with van der Waals surface area (Å²) in [5.74, 6) is 1.43. The molecule has 0 amide bonds. The highest BCUT2D eigenvalue weighted by Gasteiger charge is 2.69. The summed E-state index contributed by atoms with van der Waals surface area (Å²) in [6.45, 7) is 6.83. The van der Waals surface area contributed by atoms with Crippen LogP contribution in [0.25, 0.3) is 0 Å². The van der Waals surface area contributed by atoms with Crippen LogP contribution in [-0.2, 0) is 24.0 Å². The average molecular weight is 491 g/mol. The maximum Gasteiger partial charge on any atom is 0.338 e. The molecule has 1 aliphatic carbocycles. The molecule has 0 radical (unpaired) electrons. The first-order chi connectivity index (χ1) is 16.8. The SMILES string of the molecule is COc1cc(OC)cc(C(=O)OCCC[C@H]2OC3O[C@@]4(C)CC[C@H]5[C@H](C)CC[C@@H]([C@H]2C)[C@@]35OO4)c1. The molecule has 0 aromatic heterocycles. The van der Waals surface area contributed by atoms with Crippen molar-refractivity contribution in [1.29, 1.82) is 0 Å². The minimum atomic E-state index is -0.768. The number of methoxy groups -OCH3 is 2. The lowest BCUT2D eigenvalue weighted by molar-refractivity contribution is -0.571. The molecule has 4 aliphatic heterocycles. The molecule has 5 aliphatic rings. The van der Waals surface area contributed by atoms with Crippen molar-refractivity contribution in [3.8, 4) is 11.5 Å². The third-order valence-corrected chi connectivity index (χ3v) is 8.75. The second kappa shape index (κ2) is 9.54. The minimum Gasteiger partial charge on any atom is -0.497 e. The smallest absolute Gasteiger partial charge is 0.338 e. The Hall–Kier alpha value is -1.87. The number of carbonyl (C=O) groups is 1. The lowest BCUT2D eigenvalue weighted by Gasteiger charge is -2.60. The molecule has 4 heterocycles. The van der Waals surface area contributed by atoms with Gasteiger partial charge in [-0.1, -0.05) is 13.8 Å². The molecular weight excluding hydrogens is 452 g/mol. The largest absolute Gasteiger partial charge is 0.497 e. The van der Waals surface area contributed by atoms with Crippen LogP contribution >= 0.6 is 0 Å². The zero-order chi connectivity index (χ0) is 24.8. The summed E-state index contributed by atoms with van der Waals surface area (Å²) in [7, 11) is 3.10. The van der Waals surface area contributed by atoms with E-state index >= 15 is 0 Å². The Labute approximate surface area is 207 Å². The van der Waals surface area contributed by atoms with Crippen molar-refractivity contribution in [2.45, 2.75) is 83.1 Å². The van der Waals surface area contributed by atoms with Crippen molar-refractivity contribution < 1.29 is 38.3 Å². The Kier molecular flexibility index (Phi) is 6.76. The molecule has 194 valence electrons. The second-order valence-corrected chi connectivity index (χ2v) is 10.8. The van der Waals surface area contributed by atoms with E-state index in [0.717, 1.165) is 25.7 Å². The molecule has 8 nitrogen and oxygen atoms in total. The quantitative estimate of drug-likeness (QED) is 0.304. The molecule has 8 heteroatoms. The van der Waals surface area contributed by atoms with Gasteiger partial charge in [0.05, 0.1) is 32.5 Å². The molecule has 2 bridgehead atoms. The summed E-state index contributed by atoms with van der Waals surface area (Å²) >= 11 is 0. The van der Waals surface area contributed by atoms with Crippen LogP contribution < -0.4 is 9.47 Å². The molecule has 1 spiro atoms. The van der Waals surface area contributed by atoms with Crippen LogP contribution in [0.5, 0.6) is 11.5 Å². The van der Waals surface area contributed by atoms with Gasteiger partial charge in [-0.15, -0.1) is 0 Å². The van der Waals surface area contributed by atoms with E-state index in [1.54, 1.807) is 32.4 Å². The maximum atomic E-state index is 12.6. The van der Waals surface area contributed by atoms with Crippen LogP contribution in [-0.4, -0.2) is 50.6 Å². The Morgan fingerprint density at radius 3 is 2.49 bits per heavy atom. The van der Waals surface area contributed by atoms with Gasteiger partial charge in [-0.05, 0) is 68.9 Å². The van der Waals surface area contributed by atoms with Crippen molar-refractivity contribution in [2.24, 2.45) is 23.7 Å². The first kappa shape index (κ1) is 24.8. The van der Waals surface area contributed by atoms with Crippen molar-refractivity contribution in [3.63, 3.8) is 0 Å². The molecule has 1 aromatic rings. The molecule has 8 atom stereocenters. The average Bonchev–Trinajstić information content (AvgIpc) is 3.09. The second-order valence-electron chi connectivity index (χ2n) is 10.8. The van der Waals surface area contributed by atoms with E-state index < -0.39 is 23.6 Å². The standard InChI is InChI=1S/C27H38O8/c1-16-8-9-22-17(2)23(32-25-27(22)21(16)10-11-26(3,33-25)34-35-27)7-6-12-31-24(28)18-13-19(29-4)15-20(14-18)30-5/h13-17,21-23,25H,6-12H2,1-5H3/t16-,17-,21+,22+,23-,25?,26-,27-/m1/s1. The van der Waals surface area contributed by atoms with Crippen LogP contribution in [0.15, 0.2) is 18.2 Å². The number of fused-ring (bicyclic) bond motifs is 2. The van der Waals surface area contributed by atoms with Gasteiger partial charge in [0.1, 0.15) is 11.5 Å². The molecule has 0 N–H and O–H groups in total. The van der Waals surface area contributed by atoms with E-state index in [9.17, 15) is 4.79 Å². The summed E-state index contributed by atoms with van der Waals surface area (Å²) < 4.78 is 29.1. The summed E-state index contributed by atoms with van der Waals surface area (Å²) in [6.07, 6.45) is 5.13. The van der Waals surface area contributed by atoms with Gasteiger partial charge < -0.3 is 23.7 Å². The van der Waals surface area contributed by atoms with Gasteiger partial charge >= 0.3 is 5.97 Å². The van der Waals surface area contributed by atoms with Crippen LogP contribution in [0, 0.1) is 23.7 Å². The van der Waals surface area contributed by atoms with Crippen LogP contribution in [0.3, 0.4) is 0 Å². The number of esters is 1. The fourth-order valence-electron chi connectivity index (χ4n) is 6.77. The number of hydrogen-bond donors (Lipinski definition) is 0. The monoisotopic (exact) mass is 490 g/mol. The fourth-order valence-corrected chi connectivity index (χ4v) is 6.77. The minimum absolute atomic E-state index is 0.00634. The van der Waals surface area contributed by atoms with Crippen LogP contribution in [0.2, 0.25) is 0 Å². The van der Waals surface area contributed by atoms with E-state index in [-0.39, 0.29) is 12.0 Å². The summed E-state index contributed by atoms with van der Waals surface area (Å²) in [5, 5.41) is 0. The van der Waals surface area contributed by atoms with E-state index in [1.807, 2.05) is 6.92 Å². The number of ether oxygens (including phenoxy) is 5. The topological polar surface area (TPSA) is 81.7 Å². The first-order valence-corrected chi connectivity index (χ1v) is 12.9. The van der Waals surface area contributed by atoms with E-state index in [1.165, 1.54) is 6.42 Å². The Balaban J connectivity index is 1.22. The van der Waals surface area contributed by atoms with Gasteiger partial charge in [0, 0.05) is 18.4 Å². The number of carbonyl (C=O) groups excluding carboxylic acids is 1. The Morgan fingerprint density at radius 2 is 1.77 bits per heavy atom. The summed E-state index contributed by atoms with van der Waals surface area (Å²) in [5.41, 5.74) is -0.136. The van der Waals surface area contributed by atoms with Gasteiger partial charge in [0.15, 0.2) is 11.9 Å². The van der Waals surface area contributed by atoms with Crippen LogP contribution in [0.4, 0.5) is 0 Å².